The van der Waals surface area contributed by atoms with Crippen LogP contribution in [0.3, 0.4) is 0 Å². The van der Waals surface area contributed by atoms with Gasteiger partial charge in [0.1, 0.15) is 5.75 Å². The van der Waals surface area contributed by atoms with Crippen molar-refractivity contribution >= 4 is 39.1 Å². The predicted molar refractivity (Wildman–Crippen MR) is 83.2 cm³/mol. The van der Waals surface area contributed by atoms with Crippen molar-refractivity contribution in [1.29, 1.82) is 0 Å². The molecule has 5 heteroatoms. The Hall–Kier alpha value is -0.740. The van der Waals surface area contributed by atoms with Gasteiger partial charge in [-0.1, -0.05) is 45.2 Å². The van der Waals surface area contributed by atoms with Gasteiger partial charge in [0, 0.05) is 14.5 Å². The van der Waals surface area contributed by atoms with Gasteiger partial charge in [0.05, 0.1) is 13.2 Å². The first kappa shape index (κ1) is 14.7. The molecule has 19 heavy (non-hydrogen) atoms. The van der Waals surface area contributed by atoms with Crippen molar-refractivity contribution in [1.82, 2.24) is 0 Å². The third kappa shape index (κ3) is 3.23. The van der Waals surface area contributed by atoms with Gasteiger partial charge in [-0.05, 0) is 41.5 Å². The van der Waals surface area contributed by atoms with Crippen LogP contribution in [0.15, 0.2) is 40.9 Å². The van der Waals surface area contributed by atoms with E-state index in [1.807, 2.05) is 18.2 Å². The van der Waals surface area contributed by atoms with Crippen LogP contribution in [-0.2, 0) is 0 Å². The monoisotopic (exact) mass is 359 g/mol. The summed E-state index contributed by atoms with van der Waals surface area (Å²) < 4.78 is 6.03. The first-order valence-corrected chi connectivity index (χ1v) is 7.11. The van der Waals surface area contributed by atoms with Crippen molar-refractivity contribution in [2.24, 2.45) is 5.73 Å². The summed E-state index contributed by atoms with van der Waals surface area (Å²) in [7, 11) is 1.62. The summed E-state index contributed by atoms with van der Waals surface area (Å²) in [6.45, 7) is 0. The zero-order chi connectivity index (χ0) is 14.0. The van der Waals surface area contributed by atoms with Gasteiger partial charge in [0.25, 0.3) is 0 Å². The second-order valence-corrected chi connectivity index (χ2v) is 5.73. The average molecular weight is 361 g/mol. The number of nitrogens with two attached hydrogens (primary N) is 1. The lowest BCUT2D eigenvalue weighted by Crippen LogP contribution is -2.13. The summed E-state index contributed by atoms with van der Waals surface area (Å²) in [6.07, 6.45) is 0. The molecule has 0 fully saturated rings. The molecule has 2 aromatic rings. The highest BCUT2D eigenvalue weighted by atomic mass is 79.9. The van der Waals surface area contributed by atoms with Crippen LogP contribution in [0.5, 0.6) is 5.75 Å². The summed E-state index contributed by atoms with van der Waals surface area (Å²) in [5, 5.41) is 1.21. The van der Waals surface area contributed by atoms with Crippen LogP contribution in [0.25, 0.3) is 0 Å². The molecule has 0 aliphatic carbocycles. The standard InChI is InChI=1S/C14H12BrCl2NO/c1-19-9-3-4-10(12(15)7-9)14(18)11-6-8(16)2-5-13(11)17/h2-7,14H,18H2,1H3. The van der Waals surface area contributed by atoms with Gasteiger partial charge in [-0.25, -0.2) is 0 Å². The molecule has 0 heterocycles. The number of methoxy groups -OCH3 is 1. The minimum Gasteiger partial charge on any atom is -0.497 e. The van der Waals surface area contributed by atoms with E-state index in [0.29, 0.717) is 10.0 Å². The Morgan fingerprint density at radius 1 is 1.11 bits per heavy atom. The van der Waals surface area contributed by atoms with E-state index in [1.165, 1.54) is 0 Å². The quantitative estimate of drug-likeness (QED) is 0.852. The number of rotatable bonds is 3. The fourth-order valence-corrected chi connectivity index (χ4v) is 2.83. The first-order valence-electron chi connectivity index (χ1n) is 5.57. The summed E-state index contributed by atoms with van der Waals surface area (Å²) in [6, 6.07) is 10.5. The number of hydrogen-bond acceptors (Lipinski definition) is 2. The van der Waals surface area contributed by atoms with Gasteiger partial charge in [0.2, 0.25) is 0 Å². The zero-order valence-corrected chi connectivity index (χ0v) is 13.3. The Bertz CT molecular complexity index is 604. The second-order valence-electron chi connectivity index (χ2n) is 4.03. The van der Waals surface area contributed by atoms with Crippen LogP contribution in [0.2, 0.25) is 10.0 Å². The Balaban J connectivity index is 2.43. The number of halogens is 3. The highest BCUT2D eigenvalue weighted by Crippen LogP contribution is 2.34. The molecule has 2 nitrogen and oxygen atoms in total. The van der Waals surface area contributed by atoms with E-state index in [1.54, 1.807) is 25.3 Å². The van der Waals surface area contributed by atoms with Crippen molar-refractivity contribution in [2.45, 2.75) is 6.04 Å². The van der Waals surface area contributed by atoms with Crippen molar-refractivity contribution in [2.75, 3.05) is 7.11 Å². The molecule has 100 valence electrons. The van der Waals surface area contributed by atoms with E-state index in [0.717, 1.165) is 21.3 Å². The molecule has 0 bridgehead atoms. The third-order valence-corrected chi connectivity index (χ3v) is 4.10. The highest BCUT2D eigenvalue weighted by molar-refractivity contribution is 9.10. The van der Waals surface area contributed by atoms with E-state index >= 15 is 0 Å². The van der Waals surface area contributed by atoms with Gasteiger partial charge >= 0.3 is 0 Å². The fraction of sp³-hybridized carbons (Fsp3) is 0.143. The molecule has 2 aromatic carbocycles. The normalized spacial score (nSPS) is 12.3. The Morgan fingerprint density at radius 2 is 1.84 bits per heavy atom. The van der Waals surface area contributed by atoms with Gasteiger partial charge in [-0.2, -0.15) is 0 Å². The van der Waals surface area contributed by atoms with Crippen LogP contribution >= 0.6 is 39.1 Å². The molecule has 0 spiro atoms. The van der Waals surface area contributed by atoms with Crippen LogP contribution in [0.1, 0.15) is 17.2 Å². The summed E-state index contributed by atoms with van der Waals surface area (Å²) in [5.74, 6) is 0.764. The van der Waals surface area contributed by atoms with E-state index in [-0.39, 0.29) is 6.04 Å². The molecule has 0 aromatic heterocycles. The number of hydrogen-bond donors (Lipinski definition) is 1. The SMILES string of the molecule is COc1ccc(C(N)c2cc(Cl)ccc2Cl)c(Br)c1. The van der Waals surface area contributed by atoms with Crippen LogP contribution < -0.4 is 10.5 Å². The van der Waals surface area contributed by atoms with Gasteiger partial charge in [0.15, 0.2) is 0 Å². The number of ether oxygens (including phenoxy) is 1. The Labute approximate surface area is 130 Å². The first-order chi connectivity index (χ1) is 9.02. The van der Waals surface area contributed by atoms with E-state index < -0.39 is 0 Å². The van der Waals surface area contributed by atoms with Crippen LogP contribution in [-0.4, -0.2) is 7.11 Å². The Kier molecular flexibility index (Phi) is 4.74. The molecule has 0 radical (unpaired) electrons. The van der Waals surface area contributed by atoms with Crippen molar-refractivity contribution in [3.63, 3.8) is 0 Å². The molecule has 0 aliphatic heterocycles. The summed E-state index contributed by atoms with van der Waals surface area (Å²) in [5.41, 5.74) is 7.98. The lowest BCUT2D eigenvalue weighted by atomic mass is 9.99. The fourth-order valence-electron chi connectivity index (χ4n) is 1.81. The molecule has 0 saturated heterocycles. The van der Waals surface area contributed by atoms with Crippen molar-refractivity contribution in [3.8, 4) is 5.75 Å². The summed E-state index contributed by atoms with van der Waals surface area (Å²) in [4.78, 5) is 0. The van der Waals surface area contributed by atoms with Gasteiger partial charge in [-0.3, -0.25) is 0 Å². The maximum atomic E-state index is 6.26. The van der Waals surface area contributed by atoms with Gasteiger partial charge < -0.3 is 10.5 Å². The summed E-state index contributed by atoms with van der Waals surface area (Å²) >= 11 is 15.7. The topological polar surface area (TPSA) is 35.2 Å². The molecule has 1 atom stereocenters. The molecule has 1 unspecified atom stereocenters. The van der Waals surface area contributed by atoms with Crippen molar-refractivity contribution < 1.29 is 4.74 Å². The molecular formula is C14H12BrCl2NO. The smallest absolute Gasteiger partial charge is 0.120 e. The highest BCUT2D eigenvalue weighted by Gasteiger charge is 2.16. The largest absolute Gasteiger partial charge is 0.497 e. The van der Waals surface area contributed by atoms with Crippen LogP contribution in [0.4, 0.5) is 0 Å². The molecular weight excluding hydrogens is 349 g/mol. The van der Waals surface area contributed by atoms with E-state index in [2.05, 4.69) is 15.9 Å². The molecule has 0 amide bonds. The molecule has 2 N–H and O–H groups in total. The van der Waals surface area contributed by atoms with Crippen LogP contribution in [0, 0.1) is 0 Å². The lowest BCUT2D eigenvalue weighted by molar-refractivity contribution is 0.414. The number of benzene rings is 2. The maximum absolute atomic E-state index is 6.26. The zero-order valence-electron chi connectivity index (χ0n) is 10.2. The predicted octanol–water partition coefficient (Wildman–Crippen LogP) is 4.81. The van der Waals surface area contributed by atoms with E-state index in [9.17, 15) is 0 Å². The van der Waals surface area contributed by atoms with E-state index in [4.69, 9.17) is 33.7 Å². The minimum absolute atomic E-state index is 0.355. The average Bonchev–Trinajstić information content (AvgIpc) is 2.40. The van der Waals surface area contributed by atoms with Crippen molar-refractivity contribution in [3.05, 3.63) is 62.0 Å². The maximum Gasteiger partial charge on any atom is 0.120 e. The molecule has 2 rings (SSSR count). The minimum atomic E-state index is -0.355. The third-order valence-electron chi connectivity index (χ3n) is 2.84. The molecule has 0 saturated carbocycles. The lowest BCUT2D eigenvalue weighted by Gasteiger charge is -2.17. The Morgan fingerprint density at radius 3 is 2.47 bits per heavy atom. The second kappa shape index (κ2) is 6.14. The van der Waals surface area contributed by atoms with Gasteiger partial charge in [-0.15, -0.1) is 0 Å². The molecule has 0 aliphatic rings.